The predicted molar refractivity (Wildman–Crippen MR) is 81.6 cm³/mol. The molecule has 0 aromatic heterocycles. The minimum Gasteiger partial charge on any atom is -0.382 e. The average Bonchev–Trinajstić information content (AvgIpc) is 2.43. The van der Waals surface area contributed by atoms with Crippen LogP contribution in [0, 0.1) is 5.92 Å². The van der Waals surface area contributed by atoms with E-state index < -0.39 is 0 Å². The second-order valence-electron chi connectivity index (χ2n) is 5.24. The molecular weight excluding hydrogens is 254 g/mol. The van der Waals surface area contributed by atoms with Crippen molar-refractivity contribution in [3.63, 3.8) is 0 Å². The number of benzene rings is 1. The quantitative estimate of drug-likeness (QED) is 0.514. The van der Waals surface area contributed by atoms with Crippen molar-refractivity contribution in [2.45, 2.75) is 13.3 Å². The van der Waals surface area contributed by atoms with Gasteiger partial charge in [-0.05, 0) is 30.2 Å². The topological polar surface area (TPSA) is 38.8 Å². The van der Waals surface area contributed by atoms with Crippen molar-refractivity contribution in [3.8, 4) is 0 Å². The molecule has 112 valence electrons. The number of nitrogens with zero attached hydrogens (tertiary/aromatic N) is 1. The number of carbonyl (C=O) groups is 1. The molecule has 1 aromatic rings. The number of Topliss-reactive ketones (excluding diaryl/α,β-unsaturated/α-hetero) is 1. The molecule has 0 radical (unpaired) electrons. The van der Waals surface area contributed by atoms with E-state index in [9.17, 15) is 4.79 Å². The van der Waals surface area contributed by atoms with Crippen LogP contribution >= 0.6 is 0 Å². The summed E-state index contributed by atoms with van der Waals surface area (Å²) in [6, 6.07) is 7.70. The predicted octanol–water partition coefficient (Wildman–Crippen LogP) is 2.62. The lowest BCUT2D eigenvalue weighted by Gasteiger charge is -2.13. The Morgan fingerprint density at radius 2 is 1.85 bits per heavy atom. The Balaban J connectivity index is 2.41. The van der Waals surface area contributed by atoms with Crippen LogP contribution in [0.4, 0.5) is 5.69 Å². The van der Waals surface area contributed by atoms with E-state index in [0.717, 1.165) is 11.3 Å². The van der Waals surface area contributed by atoms with Crippen molar-refractivity contribution >= 4 is 11.5 Å². The fourth-order valence-corrected chi connectivity index (χ4v) is 1.87. The van der Waals surface area contributed by atoms with Crippen LogP contribution in [-0.2, 0) is 9.47 Å². The van der Waals surface area contributed by atoms with Gasteiger partial charge in [0.25, 0.3) is 0 Å². The summed E-state index contributed by atoms with van der Waals surface area (Å²) >= 11 is 0. The second-order valence-corrected chi connectivity index (χ2v) is 5.24. The molecule has 0 saturated carbocycles. The molecule has 0 saturated heterocycles. The highest BCUT2D eigenvalue weighted by atomic mass is 16.5. The first-order valence-corrected chi connectivity index (χ1v) is 6.92. The molecule has 0 N–H and O–H groups in total. The van der Waals surface area contributed by atoms with Gasteiger partial charge in [0.2, 0.25) is 0 Å². The fourth-order valence-electron chi connectivity index (χ4n) is 1.87. The molecular formula is C16H25NO3. The maximum atomic E-state index is 12.1. The van der Waals surface area contributed by atoms with Gasteiger partial charge in [0, 0.05) is 45.5 Å². The summed E-state index contributed by atoms with van der Waals surface area (Å²) in [4.78, 5) is 14.1. The molecule has 1 aromatic carbocycles. The summed E-state index contributed by atoms with van der Waals surface area (Å²) in [7, 11) is 5.61. The van der Waals surface area contributed by atoms with Crippen LogP contribution in [0.5, 0.6) is 0 Å². The number of ketones is 1. The monoisotopic (exact) mass is 279 g/mol. The molecule has 0 aliphatic rings. The number of rotatable bonds is 9. The summed E-state index contributed by atoms with van der Waals surface area (Å²) in [5.41, 5.74) is 1.86. The van der Waals surface area contributed by atoms with Crippen LogP contribution in [0.1, 0.15) is 23.7 Å². The molecule has 1 rings (SSSR count). The Morgan fingerprint density at radius 1 is 1.20 bits per heavy atom. The Hall–Kier alpha value is -1.39. The Bertz CT molecular complexity index is 401. The molecule has 1 atom stereocenters. The van der Waals surface area contributed by atoms with Crippen LogP contribution in [0.25, 0.3) is 0 Å². The lowest BCUT2D eigenvalue weighted by atomic mass is 10.00. The van der Waals surface area contributed by atoms with Gasteiger partial charge < -0.3 is 14.4 Å². The third kappa shape index (κ3) is 5.72. The molecule has 0 fully saturated rings. The minimum atomic E-state index is 0.165. The van der Waals surface area contributed by atoms with Gasteiger partial charge in [-0.3, -0.25) is 4.79 Å². The van der Waals surface area contributed by atoms with E-state index >= 15 is 0 Å². The normalized spacial score (nSPS) is 12.2. The summed E-state index contributed by atoms with van der Waals surface area (Å²) in [5, 5.41) is 0. The molecule has 0 bridgehead atoms. The summed E-state index contributed by atoms with van der Waals surface area (Å²) in [6.45, 7) is 3.78. The van der Waals surface area contributed by atoms with Crippen LogP contribution in [0.3, 0.4) is 0 Å². The number of methoxy groups -OCH3 is 1. The number of hydrogen-bond donors (Lipinski definition) is 0. The highest BCUT2D eigenvalue weighted by Gasteiger charge is 2.11. The second kappa shape index (κ2) is 8.72. The molecule has 1 unspecified atom stereocenters. The molecule has 0 heterocycles. The zero-order chi connectivity index (χ0) is 15.0. The van der Waals surface area contributed by atoms with E-state index in [0.29, 0.717) is 26.2 Å². The molecule has 4 nitrogen and oxygen atoms in total. The van der Waals surface area contributed by atoms with Crippen LogP contribution in [0.2, 0.25) is 0 Å². The molecule has 4 heteroatoms. The first-order chi connectivity index (χ1) is 9.54. The van der Waals surface area contributed by atoms with Gasteiger partial charge in [-0.2, -0.15) is 0 Å². The van der Waals surface area contributed by atoms with Gasteiger partial charge in [0.1, 0.15) is 0 Å². The molecule has 0 aliphatic carbocycles. The number of anilines is 1. The van der Waals surface area contributed by atoms with Crippen molar-refractivity contribution in [1.29, 1.82) is 0 Å². The van der Waals surface area contributed by atoms with Crippen molar-refractivity contribution < 1.29 is 14.3 Å². The van der Waals surface area contributed by atoms with Crippen LogP contribution < -0.4 is 4.90 Å². The van der Waals surface area contributed by atoms with Crippen molar-refractivity contribution in [2.24, 2.45) is 5.92 Å². The van der Waals surface area contributed by atoms with Gasteiger partial charge in [0.05, 0.1) is 13.2 Å². The van der Waals surface area contributed by atoms with E-state index in [1.807, 2.05) is 50.2 Å². The lowest BCUT2D eigenvalue weighted by Crippen LogP contribution is -2.14. The smallest absolute Gasteiger partial charge is 0.163 e. The standard InChI is InChI=1S/C16H25NO3/c1-13(12-20-10-9-19-4)11-16(18)14-5-7-15(8-6-14)17(2)3/h5-8,13H,9-12H2,1-4H3. The van der Waals surface area contributed by atoms with E-state index in [1.165, 1.54) is 0 Å². The Labute approximate surface area is 121 Å². The summed E-state index contributed by atoms with van der Waals surface area (Å²) in [6.07, 6.45) is 0.508. The van der Waals surface area contributed by atoms with Crippen LogP contribution in [0.15, 0.2) is 24.3 Å². The van der Waals surface area contributed by atoms with Gasteiger partial charge in [0.15, 0.2) is 5.78 Å². The first-order valence-electron chi connectivity index (χ1n) is 6.92. The Kier molecular flexibility index (Phi) is 7.26. The molecule has 0 aliphatic heterocycles. The zero-order valence-corrected chi connectivity index (χ0v) is 12.9. The van der Waals surface area contributed by atoms with E-state index in [2.05, 4.69) is 0 Å². The van der Waals surface area contributed by atoms with E-state index in [1.54, 1.807) is 7.11 Å². The van der Waals surface area contributed by atoms with Gasteiger partial charge in [-0.25, -0.2) is 0 Å². The first kappa shape index (κ1) is 16.7. The maximum Gasteiger partial charge on any atom is 0.163 e. The summed E-state index contributed by atoms with van der Waals surface area (Å²) in [5.74, 6) is 0.381. The Morgan fingerprint density at radius 3 is 2.40 bits per heavy atom. The average molecular weight is 279 g/mol. The SMILES string of the molecule is COCCOCC(C)CC(=O)c1ccc(N(C)C)cc1. The summed E-state index contributed by atoms with van der Waals surface area (Å²) < 4.78 is 10.3. The number of ether oxygens (including phenoxy) is 2. The van der Waals surface area contributed by atoms with Crippen molar-refractivity contribution in [3.05, 3.63) is 29.8 Å². The number of hydrogen-bond acceptors (Lipinski definition) is 4. The third-order valence-electron chi connectivity index (χ3n) is 3.07. The van der Waals surface area contributed by atoms with Gasteiger partial charge in [-0.15, -0.1) is 0 Å². The van der Waals surface area contributed by atoms with Gasteiger partial charge in [-0.1, -0.05) is 6.92 Å². The maximum absolute atomic E-state index is 12.1. The van der Waals surface area contributed by atoms with Crippen LogP contribution in [-0.4, -0.2) is 46.8 Å². The van der Waals surface area contributed by atoms with E-state index in [4.69, 9.17) is 9.47 Å². The van der Waals surface area contributed by atoms with Crippen molar-refractivity contribution in [2.75, 3.05) is 45.9 Å². The van der Waals surface area contributed by atoms with Crippen molar-refractivity contribution in [1.82, 2.24) is 0 Å². The number of carbonyl (C=O) groups excluding carboxylic acids is 1. The fraction of sp³-hybridized carbons (Fsp3) is 0.562. The van der Waals surface area contributed by atoms with E-state index in [-0.39, 0.29) is 11.7 Å². The zero-order valence-electron chi connectivity index (χ0n) is 12.9. The lowest BCUT2D eigenvalue weighted by molar-refractivity contribution is 0.0515. The highest BCUT2D eigenvalue weighted by molar-refractivity contribution is 5.96. The largest absolute Gasteiger partial charge is 0.382 e. The van der Waals surface area contributed by atoms with Gasteiger partial charge >= 0.3 is 0 Å². The third-order valence-corrected chi connectivity index (χ3v) is 3.07. The minimum absolute atomic E-state index is 0.165. The molecule has 0 spiro atoms. The molecule has 0 amide bonds. The highest BCUT2D eigenvalue weighted by Crippen LogP contribution is 2.15. The molecule has 20 heavy (non-hydrogen) atoms.